The molecule has 0 fully saturated rings. The van der Waals surface area contributed by atoms with Crippen molar-refractivity contribution in [2.45, 2.75) is 33.1 Å². The lowest BCUT2D eigenvalue weighted by Crippen LogP contribution is -2.16. The lowest BCUT2D eigenvalue weighted by atomic mass is 10.0. The van der Waals surface area contributed by atoms with Crippen LogP contribution in [0.1, 0.15) is 37.0 Å². The molecule has 0 aliphatic rings. The fourth-order valence-electron chi connectivity index (χ4n) is 2.32. The summed E-state index contributed by atoms with van der Waals surface area (Å²) in [4.78, 5) is 0. The molecule has 0 N–H and O–H groups in total. The van der Waals surface area contributed by atoms with Crippen LogP contribution in [0, 0.1) is 0 Å². The third-order valence-electron chi connectivity index (χ3n) is 3.44. The van der Waals surface area contributed by atoms with Crippen molar-refractivity contribution >= 4 is 11.6 Å². The Bertz CT molecular complexity index is 653. The molecule has 0 bridgehead atoms. The Morgan fingerprint density at radius 1 is 1.00 bits per heavy atom. The van der Waals surface area contributed by atoms with Gasteiger partial charge in [0.05, 0.1) is 0 Å². The predicted octanol–water partition coefficient (Wildman–Crippen LogP) is 6.10. The third-order valence-corrected chi connectivity index (χ3v) is 3.44. The molecule has 2 aromatic carbocycles. The van der Waals surface area contributed by atoms with Gasteiger partial charge in [-0.25, -0.2) is 0 Å². The van der Waals surface area contributed by atoms with Crippen LogP contribution in [0.3, 0.4) is 0 Å². The van der Waals surface area contributed by atoms with E-state index < -0.39 is 6.36 Å². The first-order valence-corrected chi connectivity index (χ1v) is 7.51. The van der Waals surface area contributed by atoms with Crippen LogP contribution in [-0.2, 0) is 6.42 Å². The zero-order valence-corrected chi connectivity index (χ0v) is 13.2. The molecule has 0 atom stereocenters. The highest BCUT2D eigenvalue weighted by Gasteiger charge is 2.30. The first kappa shape index (κ1) is 17.1. The summed E-state index contributed by atoms with van der Waals surface area (Å²) in [6.45, 7) is 4.07. The first-order chi connectivity index (χ1) is 10.9. The second-order valence-corrected chi connectivity index (χ2v) is 5.39. The molecular weight excluding hydrogens is 301 g/mol. The Balaban J connectivity index is 2.11. The molecule has 2 aromatic rings. The Morgan fingerprint density at radius 3 is 2.13 bits per heavy atom. The SMILES string of the molecule is CCCc1ccc(C=C(C)c2ccc(OC(F)(F)F)cc2)cc1. The maximum atomic E-state index is 12.1. The summed E-state index contributed by atoms with van der Waals surface area (Å²) in [5.74, 6) is -0.210. The Labute approximate surface area is 134 Å². The van der Waals surface area contributed by atoms with E-state index in [9.17, 15) is 13.2 Å². The fourth-order valence-corrected chi connectivity index (χ4v) is 2.32. The van der Waals surface area contributed by atoms with Crippen LogP contribution in [0.15, 0.2) is 48.5 Å². The van der Waals surface area contributed by atoms with E-state index in [-0.39, 0.29) is 5.75 Å². The molecule has 0 aliphatic carbocycles. The van der Waals surface area contributed by atoms with E-state index >= 15 is 0 Å². The van der Waals surface area contributed by atoms with Crippen molar-refractivity contribution in [1.82, 2.24) is 0 Å². The lowest BCUT2D eigenvalue weighted by molar-refractivity contribution is -0.274. The number of allylic oxidation sites excluding steroid dienone is 1. The standard InChI is InChI=1S/C19H19F3O/c1-3-4-15-5-7-16(8-6-15)13-14(2)17-9-11-18(12-10-17)23-19(20,21)22/h5-13H,3-4H2,1-2H3. The molecule has 0 saturated heterocycles. The summed E-state index contributed by atoms with van der Waals surface area (Å²) in [7, 11) is 0. The molecule has 4 heteroatoms. The molecule has 0 unspecified atom stereocenters. The van der Waals surface area contributed by atoms with Gasteiger partial charge in [-0.3, -0.25) is 0 Å². The first-order valence-electron chi connectivity index (χ1n) is 7.51. The Kier molecular flexibility index (Phi) is 5.48. The van der Waals surface area contributed by atoms with Crippen molar-refractivity contribution in [3.63, 3.8) is 0 Å². The minimum Gasteiger partial charge on any atom is -0.406 e. The fraction of sp³-hybridized carbons (Fsp3) is 0.263. The quantitative estimate of drug-likeness (QED) is 0.605. The van der Waals surface area contributed by atoms with Crippen LogP contribution >= 0.6 is 0 Å². The number of aryl methyl sites for hydroxylation is 1. The summed E-state index contributed by atoms with van der Waals surface area (Å²) >= 11 is 0. The normalized spacial score (nSPS) is 12.3. The maximum Gasteiger partial charge on any atom is 0.573 e. The van der Waals surface area contributed by atoms with E-state index in [4.69, 9.17) is 0 Å². The molecule has 0 amide bonds. The van der Waals surface area contributed by atoms with Crippen LogP contribution in [-0.4, -0.2) is 6.36 Å². The number of halogens is 3. The van der Waals surface area contributed by atoms with Gasteiger partial charge in [0.2, 0.25) is 0 Å². The van der Waals surface area contributed by atoms with E-state index in [0.29, 0.717) is 0 Å². The van der Waals surface area contributed by atoms with Gasteiger partial charge in [0.15, 0.2) is 0 Å². The van der Waals surface area contributed by atoms with Crippen LogP contribution in [0.25, 0.3) is 11.6 Å². The highest BCUT2D eigenvalue weighted by Crippen LogP contribution is 2.25. The van der Waals surface area contributed by atoms with Crippen molar-refractivity contribution in [3.8, 4) is 5.75 Å². The second-order valence-electron chi connectivity index (χ2n) is 5.39. The summed E-state index contributed by atoms with van der Waals surface area (Å²) < 4.78 is 40.3. The van der Waals surface area contributed by atoms with E-state index in [0.717, 1.165) is 29.5 Å². The molecule has 0 aromatic heterocycles. The van der Waals surface area contributed by atoms with Crippen molar-refractivity contribution in [2.24, 2.45) is 0 Å². The summed E-state index contributed by atoms with van der Waals surface area (Å²) in [5, 5.41) is 0. The molecule has 0 spiro atoms. The number of benzene rings is 2. The van der Waals surface area contributed by atoms with Crippen LogP contribution in [0.5, 0.6) is 5.75 Å². The number of rotatable bonds is 5. The second kappa shape index (κ2) is 7.36. The van der Waals surface area contributed by atoms with Gasteiger partial charge in [0.25, 0.3) is 0 Å². The van der Waals surface area contributed by atoms with E-state index in [2.05, 4.69) is 35.9 Å². The van der Waals surface area contributed by atoms with Crippen LogP contribution < -0.4 is 4.74 Å². The molecule has 0 heterocycles. The molecule has 2 rings (SSSR count). The van der Waals surface area contributed by atoms with Crippen LogP contribution in [0.2, 0.25) is 0 Å². The Morgan fingerprint density at radius 2 is 1.61 bits per heavy atom. The van der Waals surface area contributed by atoms with Gasteiger partial charge in [-0.1, -0.05) is 55.8 Å². The largest absolute Gasteiger partial charge is 0.573 e. The summed E-state index contributed by atoms with van der Waals surface area (Å²) in [6, 6.07) is 14.2. The molecule has 0 radical (unpaired) electrons. The zero-order chi connectivity index (χ0) is 16.9. The van der Waals surface area contributed by atoms with Crippen molar-refractivity contribution in [2.75, 3.05) is 0 Å². The highest BCUT2D eigenvalue weighted by molar-refractivity contribution is 5.80. The average molecular weight is 320 g/mol. The zero-order valence-electron chi connectivity index (χ0n) is 13.2. The number of ether oxygens (including phenoxy) is 1. The smallest absolute Gasteiger partial charge is 0.406 e. The Hall–Kier alpha value is -2.23. The summed E-state index contributed by atoms with van der Waals surface area (Å²) in [5.41, 5.74) is 4.21. The van der Waals surface area contributed by atoms with Gasteiger partial charge in [-0.2, -0.15) is 0 Å². The molecule has 0 aliphatic heterocycles. The topological polar surface area (TPSA) is 9.23 Å². The maximum absolute atomic E-state index is 12.1. The summed E-state index contributed by atoms with van der Waals surface area (Å²) in [6.07, 6.45) is -0.480. The molecule has 122 valence electrons. The minimum atomic E-state index is -4.66. The van der Waals surface area contributed by atoms with Gasteiger partial charge >= 0.3 is 6.36 Å². The van der Waals surface area contributed by atoms with Gasteiger partial charge in [0, 0.05) is 0 Å². The predicted molar refractivity (Wildman–Crippen MR) is 87.1 cm³/mol. The van der Waals surface area contributed by atoms with E-state index in [1.807, 2.05) is 13.0 Å². The van der Waals surface area contributed by atoms with Gasteiger partial charge < -0.3 is 4.74 Å². The van der Waals surface area contributed by atoms with Crippen molar-refractivity contribution < 1.29 is 17.9 Å². The van der Waals surface area contributed by atoms with Gasteiger partial charge in [-0.15, -0.1) is 13.2 Å². The number of alkyl halides is 3. The average Bonchev–Trinajstić information content (AvgIpc) is 2.48. The number of hydrogen-bond acceptors (Lipinski definition) is 1. The monoisotopic (exact) mass is 320 g/mol. The van der Waals surface area contributed by atoms with Crippen molar-refractivity contribution in [1.29, 1.82) is 0 Å². The molecule has 1 nitrogen and oxygen atoms in total. The molecule has 0 saturated carbocycles. The van der Waals surface area contributed by atoms with E-state index in [1.165, 1.54) is 17.7 Å². The highest BCUT2D eigenvalue weighted by atomic mass is 19.4. The molecule has 23 heavy (non-hydrogen) atoms. The van der Waals surface area contributed by atoms with E-state index in [1.54, 1.807) is 12.1 Å². The van der Waals surface area contributed by atoms with Crippen LogP contribution in [0.4, 0.5) is 13.2 Å². The minimum absolute atomic E-state index is 0.210. The van der Waals surface area contributed by atoms with Gasteiger partial charge in [-0.05, 0) is 47.7 Å². The number of hydrogen-bond donors (Lipinski definition) is 0. The third kappa shape index (κ3) is 5.47. The van der Waals surface area contributed by atoms with Crippen molar-refractivity contribution in [3.05, 3.63) is 65.2 Å². The van der Waals surface area contributed by atoms with Gasteiger partial charge in [0.1, 0.15) is 5.75 Å². The molecular formula is C19H19F3O. The lowest BCUT2D eigenvalue weighted by Gasteiger charge is -2.09.